The van der Waals surface area contributed by atoms with Crippen LogP contribution in [0.15, 0.2) is 47.8 Å². The number of thioether (sulfide) groups is 1. The van der Waals surface area contributed by atoms with Gasteiger partial charge in [-0.1, -0.05) is 11.8 Å². The second-order valence-corrected chi connectivity index (χ2v) is 7.74. The summed E-state index contributed by atoms with van der Waals surface area (Å²) in [4.78, 5) is 23.7. The van der Waals surface area contributed by atoms with Gasteiger partial charge in [0.2, 0.25) is 5.91 Å². The SMILES string of the molecule is COCCn1c(Cc2cccn2C)nnc1SCC(=O)Nc1ccc(C(C)=O)cc1. The number of hydrogen-bond acceptors (Lipinski definition) is 6. The van der Waals surface area contributed by atoms with Crippen molar-refractivity contribution in [1.82, 2.24) is 19.3 Å². The van der Waals surface area contributed by atoms with Gasteiger partial charge >= 0.3 is 0 Å². The molecule has 0 saturated carbocycles. The number of carbonyl (C=O) groups is 2. The molecule has 1 N–H and O–H groups in total. The van der Waals surface area contributed by atoms with Gasteiger partial charge in [0.1, 0.15) is 5.82 Å². The first-order chi connectivity index (χ1) is 14.5. The maximum absolute atomic E-state index is 12.4. The molecule has 2 aromatic heterocycles. The van der Waals surface area contributed by atoms with Crippen molar-refractivity contribution < 1.29 is 14.3 Å². The molecular weight excluding hydrogens is 402 g/mol. The van der Waals surface area contributed by atoms with E-state index >= 15 is 0 Å². The van der Waals surface area contributed by atoms with Gasteiger partial charge in [-0.05, 0) is 43.3 Å². The Hall–Kier alpha value is -2.91. The van der Waals surface area contributed by atoms with Gasteiger partial charge in [-0.2, -0.15) is 0 Å². The van der Waals surface area contributed by atoms with Gasteiger partial charge in [-0.15, -0.1) is 10.2 Å². The average molecular weight is 428 g/mol. The Labute approximate surface area is 179 Å². The van der Waals surface area contributed by atoms with Gasteiger partial charge < -0.3 is 19.2 Å². The summed E-state index contributed by atoms with van der Waals surface area (Å²) in [6, 6.07) is 10.9. The minimum absolute atomic E-state index is 0.00928. The summed E-state index contributed by atoms with van der Waals surface area (Å²) < 4.78 is 9.27. The van der Waals surface area contributed by atoms with E-state index < -0.39 is 0 Å². The zero-order chi connectivity index (χ0) is 21.5. The molecule has 2 heterocycles. The third-order valence-corrected chi connectivity index (χ3v) is 5.58. The number of aryl methyl sites for hydroxylation is 1. The number of anilines is 1. The molecule has 3 rings (SSSR count). The predicted octanol–water partition coefficient (Wildman–Crippen LogP) is 2.79. The quantitative estimate of drug-likeness (QED) is 0.395. The van der Waals surface area contributed by atoms with Crippen molar-refractivity contribution in [3.05, 3.63) is 59.7 Å². The van der Waals surface area contributed by atoms with Crippen LogP contribution in [-0.4, -0.2) is 50.5 Å². The number of nitrogens with zero attached hydrogens (tertiary/aromatic N) is 4. The number of nitrogens with one attached hydrogen (secondary N) is 1. The van der Waals surface area contributed by atoms with Crippen LogP contribution >= 0.6 is 11.8 Å². The average Bonchev–Trinajstić information content (AvgIpc) is 3.31. The van der Waals surface area contributed by atoms with Gasteiger partial charge in [0.15, 0.2) is 10.9 Å². The van der Waals surface area contributed by atoms with Crippen LogP contribution in [-0.2, 0) is 29.5 Å². The summed E-state index contributed by atoms with van der Waals surface area (Å²) in [6.07, 6.45) is 2.64. The first-order valence-electron chi connectivity index (χ1n) is 9.53. The van der Waals surface area contributed by atoms with Crippen LogP contribution in [0.2, 0.25) is 0 Å². The monoisotopic (exact) mass is 427 g/mol. The smallest absolute Gasteiger partial charge is 0.234 e. The van der Waals surface area contributed by atoms with Gasteiger partial charge in [-0.25, -0.2) is 0 Å². The predicted molar refractivity (Wildman–Crippen MR) is 116 cm³/mol. The Morgan fingerprint density at radius 1 is 1.17 bits per heavy atom. The van der Waals surface area contributed by atoms with E-state index in [1.807, 2.05) is 34.5 Å². The van der Waals surface area contributed by atoms with Gasteiger partial charge in [0.05, 0.1) is 12.4 Å². The van der Waals surface area contributed by atoms with E-state index in [0.717, 1.165) is 11.5 Å². The number of ether oxygens (including phenoxy) is 1. The largest absolute Gasteiger partial charge is 0.383 e. The molecule has 3 aromatic rings. The van der Waals surface area contributed by atoms with E-state index in [0.29, 0.717) is 36.0 Å². The molecule has 1 aromatic carbocycles. The van der Waals surface area contributed by atoms with Crippen molar-refractivity contribution in [2.75, 3.05) is 24.8 Å². The number of hydrogen-bond donors (Lipinski definition) is 1. The fraction of sp³-hybridized carbons (Fsp3) is 0.333. The third-order valence-electron chi connectivity index (χ3n) is 4.61. The Morgan fingerprint density at radius 3 is 2.57 bits per heavy atom. The molecule has 0 aliphatic heterocycles. The summed E-state index contributed by atoms with van der Waals surface area (Å²) in [5.74, 6) is 0.867. The number of Topliss-reactive ketones (excluding diaryl/α,β-unsaturated/α-hetero) is 1. The van der Waals surface area contributed by atoms with Crippen LogP contribution in [0.3, 0.4) is 0 Å². The fourth-order valence-corrected chi connectivity index (χ4v) is 3.70. The van der Waals surface area contributed by atoms with E-state index in [1.54, 1.807) is 31.4 Å². The molecule has 0 spiro atoms. The number of methoxy groups -OCH3 is 1. The maximum atomic E-state index is 12.4. The summed E-state index contributed by atoms with van der Waals surface area (Å²) in [7, 11) is 3.65. The highest BCUT2D eigenvalue weighted by molar-refractivity contribution is 7.99. The third kappa shape index (κ3) is 5.58. The van der Waals surface area contributed by atoms with Crippen molar-refractivity contribution in [2.24, 2.45) is 7.05 Å². The van der Waals surface area contributed by atoms with Crippen LogP contribution in [0.25, 0.3) is 0 Å². The summed E-state index contributed by atoms with van der Waals surface area (Å²) >= 11 is 1.33. The lowest BCUT2D eigenvalue weighted by atomic mass is 10.1. The highest BCUT2D eigenvalue weighted by Gasteiger charge is 2.15. The van der Waals surface area contributed by atoms with Crippen molar-refractivity contribution in [3.8, 4) is 0 Å². The van der Waals surface area contributed by atoms with Gasteiger partial charge in [-0.3, -0.25) is 9.59 Å². The molecule has 30 heavy (non-hydrogen) atoms. The lowest BCUT2D eigenvalue weighted by Gasteiger charge is -2.10. The fourth-order valence-electron chi connectivity index (χ4n) is 2.92. The molecule has 8 nitrogen and oxygen atoms in total. The van der Waals surface area contributed by atoms with E-state index in [-0.39, 0.29) is 17.4 Å². The molecule has 158 valence electrons. The summed E-state index contributed by atoms with van der Waals surface area (Å²) in [5.41, 5.74) is 2.39. The van der Waals surface area contributed by atoms with E-state index in [2.05, 4.69) is 15.5 Å². The van der Waals surface area contributed by atoms with Crippen molar-refractivity contribution in [1.29, 1.82) is 0 Å². The molecule has 1 amide bonds. The van der Waals surface area contributed by atoms with Crippen LogP contribution in [0, 0.1) is 0 Å². The minimum atomic E-state index is -0.152. The highest BCUT2D eigenvalue weighted by atomic mass is 32.2. The van der Waals surface area contributed by atoms with Crippen molar-refractivity contribution >= 4 is 29.1 Å². The zero-order valence-corrected chi connectivity index (χ0v) is 18.1. The Bertz CT molecular complexity index is 1010. The van der Waals surface area contributed by atoms with Crippen LogP contribution in [0.4, 0.5) is 5.69 Å². The zero-order valence-electron chi connectivity index (χ0n) is 17.3. The van der Waals surface area contributed by atoms with Gasteiger partial charge in [0.25, 0.3) is 0 Å². The number of ketones is 1. The van der Waals surface area contributed by atoms with Gasteiger partial charge in [0, 0.05) is 50.3 Å². The normalized spacial score (nSPS) is 10.9. The number of carbonyl (C=O) groups excluding carboxylic acids is 2. The van der Waals surface area contributed by atoms with E-state index in [1.165, 1.54) is 18.7 Å². The molecule has 0 saturated heterocycles. The summed E-state index contributed by atoms with van der Waals surface area (Å²) in [5, 5.41) is 12.1. The standard InChI is InChI=1S/C21H25N5O3S/c1-15(27)16-6-8-17(9-7-16)22-20(28)14-30-21-24-23-19(26(21)11-12-29-3)13-18-5-4-10-25(18)2/h4-10H,11-14H2,1-3H3,(H,22,28). The molecule has 0 unspecified atom stereocenters. The first kappa shape index (κ1) is 21.8. The number of benzene rings is 1. The number of aromatic nitrogens is 4. The summed E-state index contributed by atoms with van der Waals surface area (Å²) in [6.45, 7) is 2.65. The lowest BCUT2D eigenvalue weighted by Crippen LogP contribution is -2.15. The maximum Gasteiger partial charge on any atom is 0.234 e. The van der Waals surface area contributed by atoms with E-state index in [4.69, 9.17) is 4.74 Å². The molecule has 0 radical (unpaired) electrons. The molecule has 0 bridgehead atoms. The molecule has 0 aliphatic carbocycles. The topological polar surface area (TPSA) is 91.0 Å². The molecule has 0 fully saturated rings. The Kier molecular flexibility index (Phi) is 7.42. The Balaban J connectivity index is 1.64. The second-order valence-electron chi connectivity index (χ2n) is 6.80. The molecule has 0 aliphatic rings. The Morgan fingerprint density at radius 2 is 1.93 bits per heavy atom. The lowest BCUT2D eigenvalue weighted by molar-refractivity contribution is -0.113. The van der Waals surface area contributed by atoms with Crippen LogP contribution in [0.1, 0.15) is 28.8 Å². The first-order valence-corrected chi connectivity index (χ1v) is 10.5. The molecule has 9 heteroatoms. The highest BCUT2D eigenvalue weighted by Crippen LogP contribution is 2.20. The molecule has 0 atom stereocenters. The molecular formula is C21H25N5O3S. The van der Waals surface area contributed by atoms with Crippen LogP contribution < -0.4 is 5.32 Å². The number of amides is 1. The minimum Gasteiger partial charge on any atom is -0.383 e. The van der Waals surface area contributed by atoms with Crippen molar-refractivity contribution in [2.45, 2.75) is 25.0 Å². The van der Waals surface area contributed by atoms with E-state index in [9.17, 15) is 9.59 Å². The second kappa shape index (κ2) is 10.2. The van der Waals surface area contributed by atoms with Crippen LogP contribution in [0.5, 0.6) is 0 Å². The van der Waals surface area contributed by atoms with Crippen molar-refractivity contribution in [3.63, 3.8) is 0 Å². The number of rotatable bonds is 10.